The smallest absolute Gasteiger partial charge is 0.463 e. The Bertz CT molecular complexity index is 2860. The quantitative estimate of drug-likeness (QED) is 0.0146. The Morgan fingerprint density at radius 1 is 0.248 bits per heavy atom. The van der Waals surface area contributed by atoms with E-state index in [9.17, 15) is 43.5 Å². The van der Waals surface area contributed by atoms with E-state index < -0.39 is 91.5 Å². The van der Waals surface area contributed by atoms with E-state index in [-0.39, 0.29) is 19.3 Å². The molecule has 0 aliphatic rings. The summed E-state index contributed by atoms with van der Waals surface area (Å²) in [5, 5.41) is 20.7. The standard InChI is InChI=1S/C99H166O16P2/c1-4-7-10-13-16-19-22-25-28-31-34-36-38-40-42-44-45-46-47-49-51-52-54-56-59-61-64-67-70-73-76-79-82-85-97(102)109-88-94(100)89-111-116(105,106)112-90-95(101)91-113-117(107,108)114-93-96(115-99(104)87-84-81-78-75-72-69-66-63-58-33-30-27-24-21-18-15-12-9-6-3)92-110-98(103)86-83-80-77-74-71-68-65-62-60-57-55-53-50-48-43-41-39-37-35-32-29-26-23-20-17-14-11-8-5-2/h7,9-10,12,16-21,25-30,34-37,40-43,58,63,69,72,78,81,94-96,100-101H,4-6,8,11,13-15,22-24,31-33,38-39,44-57,59-62,64-68,70-71,73-77,79-80,82-93H2,1-3H3,(H,105,106)(H,107,108)/b10-7-,12-9-,19-16-,20-17-,21-18-,28-25-,29-26-,30-27-,36-34-,37-35-,42-40-,43-41-,63-58-,72-69-,81-78-. The van der Waals surface area contributed by atoms with E-state index in [4.69, 9.17) is 32.3 Å². The molecule has 0 heterocycles. The van der Waals surface area contributed by atoms with Crippen LogP contribution in [0.3, 0.4) is 0 Å². The molecule has 0 amide bonds. The van der Waals surface area contributed by atoms with E-state index in [2.05, 4.69) is 185 Å². The van der Waals surface area contributed by atoms with Crippen molar-refractivity contribution in [1.29, 1.82) is 0 Å². The second-order valence-electron chi connectivity index (χ2n) is 30.3. The van der Waals surface area contributed by atoms with Crippen LogP contribution in [0, 0.1) is 0 Å². The van der Waals surface area contributed by atoms with Crippen molar-refractivity contribution >= 4 is 33.6 Å². The van der Waals surface area contributed by atoms with Crippen LogP contribution in [-0.2, 0) is 55.8 Å². The summed E-state index contributed by atoms with van der Waals surface area (Å²) in [5.41, 5.74) is 0. The van der Waals surface area contributed by atoms with Crippen molar-refractivity contribution in [3.8, 4) is 0 Å². The number of hydrogen-bond donors (Lipinski definition) is 4. The molecule has 0 aliphatic heterocycles. The summed E-state index contributed by atoms with van der Waals surface area (Å²) in [6.45, 7) is 2.37. The average Bonchev–Trinajstić information content (AvgIpc) is 0.898. The first kappa shape index (κ1) is 112. The lowest BCUT2D eigenvalue weighted by Gasteiger charge is -2.21. The van der Waals surface area contributed by atoms with Gasteiger partial charge in [0.1, 0.15) is 25.4 Å². The fourth-order valence-electron chi connectivity index (χ4n) is 12.2. The maximum Gasteiger partial charge on any atom is 0.472 e. The lowest BCUT2D eigenvalue weighted by atomic mass is 10.0. The minimum atomic E-state index is -4.96. The van der Waals surface area contributed by atoms with Crippen molar-refractivity contribution in [2.24, 2.45) is 0 Å². The first-order valence-corrected chi connectivity index (χ1v) is 49.1. The Hall–Kier alpha value is -5.35. The molecule has 5 atom stereocenters. The number of unbranched alkanes of at least 4 members (excludes halogenated alkanes) is 33. The van der Waals surface area contributed by atoms with Gasteiger partial charge in [-0.1, -0.05) is 383 Å². The maximum atomic E-state index is 13.0. The van der Waals surface area contributed by atoms with Gasteiger partial charge in [0.25, 0.3) is 0 Å². The summed E-state index contributed by atoms with van der Waals surface area (Å²) in [7, 11) is -9.84. The number of rotatable bonds is 86. The number of phosphoric ester groups is 2. The van der Waals surface area contributed by atoms with Crippen LogP contribution in [0.15, 0.2) is 182 Å². The van der Waals surface area contributed by atoms with Gasteiger partial charge in [0.05, 0.1) is 26.4 Å². The highest BCUT2D eigenvalue weighted by Gasteiger charge is 2.29. The molecule has 0 saturated heterocycles. The lowest BCUT2D eigenvalue weighted by Crippen LogP contribution is -2.29. The molecule has 0 saturated carbocycles. The van der Waals surface area contributed by atoms with Gasteiger partial charge in [-0.25, -0.2) is 9.13 Å². The number of aliphatic hydroxyl groups is 2. The zero-order chi connectivity index (χ0) is 85.1. The zero-order valence-electron chi connectivity index (χ0n) is 73.6. The van der Waals surface area contributed by atoms with E-state index in [0.717, 1.165) is 135 Å². The SMILES string of the molecule is CC/C=C\C/C=C\C/C=C\C/C=C\C/C=C\C/C=C\CCC(=O)OC(COC(=O)CCCCCCCCCCCCCCC/C=C\C/C=C\C/C=C\C/C=C\CCCCC)COP(=O)(O)OCC(O)COP(=O)(O)OCC(O)COC(=O)CCCCCCCCCCCCCCCCCCC/C=C\C/C=C\C/C=C\C/C=C\C/C=C\CC. The Morgan fingerprint density at radius 2 is 0.470 bits per heavy atom. The van der Waals surface area contributed by atoms with Crippen molar-refractivity contribution in [2.45, 2.75) is 386 Å². The molecule has 0 bridgehead atoms. The largest absolute Gasteiger partial charge is 0.472 e. The van der Waals surface area contributed by atoms with Crippen LogP contribution in [0.25, 0.3) is 0 Å². The number of esters is 3. The summed E-state index contributed by atoms with van der Waals surface area (Å²) in [6, 6.07) is 0. The molecule has 4 N–H and O–H groups in total. The Labute approximate surface area is 713 Å². The summed E-state index contributed by atoms with van der Waals surface area (Å²) < 4.78 is 61.3. The van der Waals surface area contributed by atoms with Crippen molar-refractivity contribution in [2.75, 3.05) is 39.6 Å². The molecule has 16 nitrogen and oxygen atoms in total. The van der Waals surface area contributed by atoms with Crippen LogP contribution in [-0.4, -0.2) is 95.9 Å². The second kappa shape index (κ2) is 89.9. The topological polar surface area (TPSA) is 231 Å². The molecular weight excluding hydrogens is 1510 g/mol. The van der Waals surface area contributed by atoms with Crippen LogP contribution in [0.4, 0.5) is 0 Å². The van der Waals surface area contributed by atoms with E-state index in [1.165, 1.54) is 167 Å². The van der Waals surface area contributed by atoms with Gasteiger partial charge in [0.2, 0.25) is 0 Å². The third-order valence-electron chi connectivity index (χ3n) is 19.1. The molecule has 0 aliphatic carbocycles. The highest BCUT2D eigenvalue weighted by molar-refractivity contribution is 7.47. The molecule has 0 fully saturated rings. The molecule has 5 unspecified atom stereocenters. The third kappa shape index (κ3) is 91.2. The van der Waals surface area contributed by atoms with Crippen molar-refractivity contribution in [3.05, 3.63) is 182 Å². The molecule has 18 heteroatoms. The number of allylic oxidation sites excluding steroid dienone is 30. The van der Waals surface area contributed by atoms with Gasteiger partial charge < -0.3 is 34.2 Å². The third-order valence-corrected chi connectivity index (χ3v) is 21.0. The fraction of sp³-hybridized carbons (Fsp3) is 0.667. The summed E-state index contributed by atoms with van der Waals surface area (Å²) in [5.74, 6) is -1.67. The van der Waals surface area contributed by atoms with Gasteiger partial charge in [-0.05, 0) is 148 Å². The van der Waals surface area contributed by atoms with Crippen molar-refractivity contribution < 1.29 is 75.8 Å². The van der Waals surface area contributed by atoms with Gasteiger partial charge in [0.15, 0.2) is 6.10 Å². The monoisotopic (exact) mass is 1670 g/mol. The fourth-order valence-corrected chi connectivity index (χ4v) is 13.8. The highest BCUT2D eigenvalue weighted by Crippen LogP contribution is 2.45. The first-order valence-electron chi connectivity index (χ1n) is 46.1. The van der Waals surface area contributed by atoms with Crippen LogP contribution >= 0.6 is 15.6 Å². The summed E-state index contributed by atoms with van der Waals surface area (Å²) >= 11 is 0. The minimum absolute atomic E-state index is 0.0253. The number of aliphatic hydroxyl groups excluding tert-OH is 2. The molecule has 0 aromatic carbocycles. The Morgan fingerprint density at radius 3 is 0.752 bits per heavy atom. The van der Waals surface area contributed by atoms with E-state index in [1.54, 1.807) is 0 Å². The van der Waals surface area contributed by atoms with Crippen LogP contribution < -0.4 is 0 Å². The molecule has 0 spiro atoms. The number of carbonyl (C=O) groups is 3. The molecule has 0 rings (SSSR count). The summed E-state index contributed by atoms with van der Waals surface area (Å²) in [4.78, 5) is 58.9. The van der Waals surface area contributed by atoms with Gasteiger partial charge in [-0.2, -0.15) is 0 Å². The second-order valence-corrected chi connectivity index (χ2v) is 33.2. The highest BCUT2D eigenvalue weighted by atomic mass is 31.2. The lowest BCUT2D eigenvalue weighted by molar-refractivity contribution is -0.161. The predicted octanol–water partition coefficient (Wildman–Crippen LogP) is 28.4. The predicted molar refractivity (Wildman–Crippen MR) is 491 cm³/mol. The number of phosphoric acid groups is 2. The Balaban J connectivity index is 4.57. The van der Waals surface area contributed by atoms with E-state index in [0.29, 0.717) is 25.7 Å². The molecule has 0 radical (unpaired) electrons. The normalized spacial score (nSPS) is 14.6. The zero-order valence-corrected chi connectivity index (χ0v) is 75.4. The number of carbonyl (C=O) groups excluding carboxylic acids is 3. The number of ether oxygens (including phenoxy) is 3. The Kier molecular flexibility index (Phi) is 85.8. The van der Waals surface area contributed by atoms with Crippen LogP contribution in [0.5, 0.6) is 0 Å². The van der Waals surface area contributed by atoms with E-state index in [1.807, 2.05) is 18.2 Å². The van der Waals surface area contributed by atoms with Gasteiger partial charge in [-0.3, -0.25) is 32.5 Å². The average molecular weight is 1670 g/mol. The molecular formula is C99H166O16P2. The minimum Gasteiger partial charge on any atom is -0.463 e. The van der Waals surface area contributed by atoms with Crippen LogP contribution in [0.1, 0.15) is 367 Å². The van der Waals surface area contributed by atoms with Gasteiger partial charge in [-0.15, -0.1) is 0 Å². The van der Waals surface area contributed by atoms with E-state index >= 15 is 0 Å². The van der Waals surface area contributed by atoms with Crippen LogP contribution in [0.2, 0.25) is 0 Å². The maximum absolute atomic E-state index is 13.0. The van der Waals surface area contributed by atoms with Gasteiger partial charge in [0, 0.05) is 19.3 Å². The van der Waals surface area contributed by atoms with Gasteiger partial charge >= 0.3 is 33.6 Å². The molecule has 117 heavy (non-hydrogen) atoms. The summed E-state index contributed by atoms with van der Waals surface area (Å²) in [6.07, 6.45) is 118. The molecule has 0 aromatic rings. The molecule has 668 valence electrons. The van der Waals surface area contributed by atoms with Crippen molar-refractivity contribution in [3.63, 3.8) is 0 Å². The number of hydrogen-bond acceptors (Lipinski definition) is 14. The first-order chi connectivity index (χ1) is 57.2. The van der Waals surface area contributed by atoms with Crippen molar-refractivity contribution in [1.82, 2.24) is 0 Å². The molecule has 0 aromatic heterocycles.